The lowest BCUT2D eigenvalue weighted by Gasteiger charge is -2.05. The molecule has 0 saturated carbocycles. The third kappa shape index (κ3) is 5.72. The number of carbonyl (C=O) groups excluding carboxylic acids is 2. The third-order valence-corrected chi connectivity index (χ3v) is 3.11. The molecule has 0 heterocycles. The lowest BCUT2D eigenvalue weighted by molar-refractivity contribution is -0.118. The van der Waals surface area contributed by atoms with Crippen LogP contribution in [0.5, 0.6) is 0 Å². The van der Waals surface area contributed by atoms with E-state index < -0.39 is 0 Å². The van der Waals surface area contributed by atoms with Crippen molar-refractivity contribution < 1.29 is 9.59 Å². The molecule has 2 N–H and O–H groups in total. The minimum Gasteiger partial charge on any atom is -0.356 e. The minimum absolute atomic E-state index is 0.0364. The van der Waals surface area contributed by atoms with Crippen LogP contribution in [0.15, 0.2) is 24.3 Å². The summed E-state index contributed by atoms with van der Waals surface area (Å²) < 4.78 is 0. The smallest absolute Gasteiger partial charge is 0.234 e. The maximum atomic E-state index is 11.6. The van der Waals surface area contributed by atoms with E-state index >= 15 is 0 Å². The minimum atomic E-state index is -0.0897. The molecule has 0 aromatic heterocycles. The van der Waals surface area contributed by atoms with E-state index in [9.17, 15) is 9.59 Å². The molecule has 0 spiro atoms. The summed E-state index contributed by atoms with van der Waals surface area (Å²) in [5.41, 5.74) is 1.93. The lowest BCUT2D eigenvalue weighted by Crippen LogP contribution is -2.25. The third-order valence-electron chi connectivity index (χ3n) is 2.18. The summed E-state index contributed by atoms with van der Waals surface area (Å²) in [6.45, 7) is 4.48. The van der Waals surface area contributed by atoms with E-state index in [2.05, 4.69) is 10.6 Å². The molecule has 0 radical (unpaired) electrons. The quantitative estimate of drug-likeness (QED) is 0.825. The van der Waals surface area contributed by atoms with Gasteiger partial charge in [-0.05, 0) is 26.0 Å². The molecule has 0 fully saturated rings. The van der Waals surface area contributed by atoms with Crippen molar-refractivity contribution in [3.63, 3.8) is 0 Å². The van der Waals surface area contributed by atoms with Crippen LogP contribution in [0, 0.1) is 6.92 Å². The van der Waals surface area contributed by atoms with Gasteiger partial charge in [0.1, 0.15) is 0 Å². The van der Waals surface area contributed by atoms with Crippen molar-refractivity contribution in [2.45, 2.75) is 13.8 Å². The molecule has 0 atom stereocenters. The van der Waals surface area contributed by atoms with Gasteiger partial charge in [-0.1, -0.05) is 17.7 Å². The first-order valence-electron chi connectivity index (χ1n) is 5.82. The molecule has 0 unspecified atom stereocenters. The first-order chi connectivity index (χ1) is 8.61. The molecule has 18 heavy (non-hydrogen) atoms. The van der Waals surface area contributed by atoms with Gasteiger partial charge in [-0.3, -0.25) is 9.59 Å². The number of carbonyl (C=O) groups is 2. The van der Waals surface area contributed by atoms with Gasteiger partial charge < -0.3 is 10.6 Å². The van der Waals surface area contributed by atoms with Crippen LogP contribution in [0.25, 0.3) is 0 Å². The molecule has 0 aliphatic heterocycles. The number of nitrogens with one attached hydrogen (secondary N) is 2. The predicted octanol–water partition coefficient (Wildman–Crippen LogP) is 1.80. The van der Waals surface area contributed by atoms with Crippen molar-refractivity contribution in [2.24, 2.45) is 0 Å². The van der Waals surface area contributed by atoms with E-state index in [1.54, 1.807) is 0 Å². The SMILES string of the molecule is CCNC(=O)CSCC(=O)Nc1ccc(C)cc1. The standard InChI is InChI=1S/C13H18N2O2S/c1-3-14-12(16)8-18-9-13(17)15-11-6-4-10(2)5-7-11/h4-7H,3,8-9H2,1-2H3,(H,14,16)(H,15,17). The van der Waals surface area contributed by atoms with Gasteiger partial charge in [-0.2, -0.15) is 0 Å². The molecule has 0 saturated heterocycles. The highest BCUT2D eigenvalue weighted by Gasteiger charge is 2.05. The molecule has 1 aromatic rings. The Morgan fingerprint density at radius 1 is 1.11 bits per heavy atom. The Bertz CT molecular complexity index is 404. The van der Waals surface area contributed by atoms with Gasteiger partial charge in [0.2, 0.25) is 11.8 Å². The molecule has 5 heteroatoms. The van der Waals surface area contributed by atoms with Crippen LogP contribution in [0.2, 0.25) is 0 Å². The number of thioether (sulfide) groups is 1. The Balaban J connectivity index is 2.25. The molecule has 0 aliphatic rings. The highest BCUT2D eigenvalue weighted by atomic mass is 32.2. The number of rotatable bonds is 6. The normalized spacial score (nSPS) is 9.89. The molecule has 2 amide bonds. The fourth-order valence-electron chi connectivity index (χ4n) is 1.32. The van der Waals surface area contributed by atoms with E-state index in [-0.39, 0.29) is 17.6 Å². The number of amides is 2. The van der Waals surface area contributed by atoms with Crippen LogP contribution in [0.4, 0.5) is 5.69 Å². The molecule has 0 aliphatic carbocycles. The maximum absolute atomic E-state index is 11.6. The second-order valence-corrected chi connectivity index (χ2v) is 4.85. The van der Waals surface area contributed by atoms with Crippen molar-refractivity contribution >= 4 is 29.3 Å². The zero-order chi connectivity index (χ0) is 13.4. The van der Waals surface area contributed by atoms with Gasteiger partial charge >= 0.3 is 0 Å². The zero-order valence-electron chi connectivity index (χ0n) is 10.7. The van der Waals surface area contributed by atoms with Crippen LogP contribution >= 0.6 is 11.8 Å². The first-order valence-corrected chi connectivity index (χ1v) is 6.98. The molecule has 1 rings (SSSR count). The molecule has 1 aromatic carbocycles. The molecule has 0 bridgehead atoms. The van der Waals surface area contributed by atoms with E-state index in [1.165, 1.54) is 11.8 Å². The van der Waals surface area contributed by atoms with Crippen molar-refractivity contribution in [3.05, 3.63) is 29.8 Å². The fourth-order valence-corrected chi connectivity index (χ4v) is 1.97. The second-order valence-electron chi connectivity index (χ2n) is 3.86. The lowest BCUT2D eigenvalue weighted by atomic mass is 10.2. The number of anilines is 1. The van der Waals surface area contributed by atoms with Crippen molar-refractivity contribution in [2.75, 3.05) is 23.4 Å². The number of hydrogen-bond donors (Lipinski definition) is 2. The zero-order valence-corrected chi connectivity index (χ0v) is 11.5. The van der Waals surface area contributed by atoms with E-state index in [0.717, 1.165) is 11.3 Å². The van der Waals surface area contributed by atoms with E-state index in [4.69, 9.17) is 0 Å². The Kier molecular flexibility index (Phi) is 6.28. The summed E-state index contributed by atoms with van der Waals surface area (Å²) in [5, 5.41) is 5.47. The van der Waals surface area contributed by atoms with Crippen LogP contribution in [0.3, 0.4) is 0 Å². The predicted molar refractivity (Wildman–Crippen MR) is 75.8 cm³/mol. The van der Waals surface area contributed by atoms with Gasteiger partial charge in [0.15, 0.2) is 0 Å². The summed E-state index contributed by atoms with van der Waals surface area (Å²) in [4.78, 5) is 22.7. The largest absolute Gasteiger partial charge is 0.356 e. The molecular formula is C13H18N2O2S. The average Bonchev–Trinajstić information content (AvgIpc) is 2.32. The Morgan fingerprint density at radius 3 is 2.33 bits per heavy atom. The first kappa shape index (κ1) is 14.6. The van der Waals surface area contributed by atoms with Crippen LogP contribution in [0.1, 0.15) is 12.5 Å². The Hall–Kier alpha value is -1.49. The number of aryl methyl sites for hydroxylation is 1. The van der Waals surface area contributed by atoms with Gasteiger partial charge in [0.05, 0.1) is 11.5 Å². The van der Waals surface area contributed by atoms with Crippen molar-refractivity contribution in [3.8, 4) is 0 Å². The number of hydrogen-bond acceptors (Lipinski definition) is 3. The summed E-state index contributed by atoms with van der Waals surface area (Å²) in [6.07, 6.45) is 0. The summed E-state index contributed by atoms with van der Waals surface area (Å²) in [5.74, 6) is 0.471. The average molecular weight is 266 g/mol. The molecular weight excluding hydrogens is 248 g/mol. The fraction of sp³-hybridized carbons (Fsp3) is 0.385. The van der Waals surface area contributed by atoms with Gasteiger partial charge in [0.25, 0.3) is 0 Å². The van der Waals surface area contributed by atoms with Crippen LogP contribution in [-0.4, -0.2) is 29.9 Å². The van der Waals surface area contributed by atoms with Crippen molar-refractivity contribution in [1.29, 1.82) is 0 Å². The van der Waals surface area contributed by atoms with Gasteiger partial charge in [0, 0.05) is 12.2 Å². The molecule has 4 nitrogen and oxygen atoms in total. The topological polar surface area (TPSA) is 58.2 Å². The highest BCUT2D eigenvalue weighted by Crippen LogP contribution is 2.09. The maximum Gasteiger partial charge on any atom is 0.234 e. The van der Waals surface area contributed by atoms with Crippen molar-refractivity contribution in [1.82, 2.24) is 5.32 Å². The summed E-state index contributed by atoms with van der Waals surface area (Å²) >= 11 is 1.31. The second kappa shape index (κ2) is 7.76. The van der Waals surface area contributed by atoms with E-state index in [1.807, 2.05) is 38.1 Å². The number of benzene rings is 1. The van der Waals surface area contributed by atoms with Gasteiger partial charge in [-0.25, -0.2) is 0 Å². The summed E-state index contributed by atoms with van der Waals surface area (Å²) in [6, 6.07) is 7.61. The van der Waals surface area contributed by atoms with Crippen LogP contribution < -0.4 is 10.6 Å². The monoisotopic (exact) mass is 266 g/mol. The Labute approximate surface area is 112 Å². The van der Waals surface area contributed by atoms with Crippen LogP contribution in [-0.2, 0) is 9.59 Å². The molecule has 98 valence electrons. The van der Waals surface area contributed by atoms with E-state index in [0.29, 0.717) is 12.3 Å². The van der Waals surface area contributed by atoms with Gasteiger partial charge in [-0.15, -0.1) is 11.8 Å². The summed E-state index contributed by atoms with van der Waals surface area (Å²) in [7, 11) is 0. The Morgan fingerprint density at radius 2 is 1.72 bits per heavy atom. The highest BCUT2D eigenvalue weighted by molar-refractivity contribution is 8.00.